The van der Waals surface area contributed by atoms with Gasteiger partial charge in [0.1, 0.15) is 12.4 Å². The number of likely N-dealkylation sites (N-methyl/N-ethyl adjacent to an activating group) is 1. The van der Waals surface area contributed by atoms with Crippen molar-refractivity contribution in [1.29, 1.82) is 0 Å². The number of carbonyl (C=O) groups excluding carboxylic acids is 1. The first-order valence-corrected chi connectivity index (χ1v) is 13.6. The minimum absolute atomic E-state index is 0.119. The second-order valence-corrected chi connectivity index (χ2v) is 10.4. The SMILES string of the molecule is CCN1C(=O)/C(=C/c2ccc(OCc3ccc4ccccc4c3)c(Br)c2)SC1=Nc1ccc(C(=O)O)cc1. The van der Waals surface area contributed by atoms with Crippen molar-refractivity contribution in [2.45, 2.75) is 13.5 Å². The number of fused-ring (bicyclic) bond motifs is 1. The third kappa shape index (κ3) is 5.66. The quantitative estimate of drug-likeness (QED) is 0.227. The first-order chi connectivity index (χ1) is 18.4. The van der Waals surface area contributed by atoms with Crippen molar-refractivity contribution in [1.82, 2.24) is 4.90 Å². The second-order valence-electron chi connectivity index (χ2n) is 8.57. The summed E-state index contributed by atoms with van der Waals surface area (Å²) in [5.74, 6) is -0.398. The van der Waals surface area contributed by atoms with Crippen LogP contribution in [0.25, 0.3) is 16.8 Å². The van der Waals surface area contributed by atoms with Crippen molar-refractivity contribution in [2.24, 2.45) is 4.99 Å². The van der Waals surface area contributed by atoms with E-state index in [1.807, 2.05) is 43.3 Å². The van der Waals surface area contributed by atoms with Crippen LogP contribution in [0.15, 0.2) is 99.3 Å². The number of ether oxygens (including phenoxy) is 1. The van der Waals surface area contributed by atoms with Crippen LogP contribution >= 0.6 is 27.7 Å². The predicted octanol–water partition coefficient (Wildman–Crippen LogP) is 7.50. The molecule has 1 fully saturated rings. The Morgan fingerprint density at radius 2 is 1.79 bits per heavy atom. The highest BCUT2D eigenvalue weighted by atomic mass is 79.9. The molecule has 1 amide bonds. The van der Waals surface area contributed by atoms with E-state index in [-0.39, 0.29) is 11.5 Å². The number of nitrogens with zero attached hydrogens (tertiary/aromatic N) is 2. The van der Waals surface area contributed by atoms with E-state index in [9.17, 15) is 9.59 Å². The molecule has 0 bridgehead atoms. The molecular formula is C30H23BrN2O4S. The van der Waals surface area contributed by atoms with Gasteiger partial charge in [-0.05, 0) is 105 Å². The number of amides is 1. The highest BCUT2D eigenvalue weighted by molar-refractivity contribution is 9.10. The number of carboxylic acid groups (broad SMARTS) is 1. The first-order valence-electron chi connectivity index (χ1n) is 11.9. The summed E-state index contributed by atoms with van der Waals surface area (Å²) in [4.78, 5) is 30.9. The van der Waals surface area contributed by atoms with Crippen LogP contribution in [0.4, 0.5) is 5.69 Å². The van der Waals surface area contributed by atoms with Crippen LogP contribution in [-0.4, -0.2) is 33.6 Å². The number of amidine groups is 1. The number of aliphatic imine (C=N–C) groups is 1. The maximum atomic E-state index is 13.0. The van der Waals surface area contributed by atoms with Crippen LogP contribution in [-0.2, 0) is 11.4 Å². The molecule has 0 spiro atoms. The Labute approximate surface area is 232 Å². The normalized spacial score (nSPS) is 15.5. The zero-order valence-corrected chi connectivity index (χ0v) is 22.8. The fourth-order valence-electron chi connectivity index (χ4n) is 4.02. The zero-order valence-electron chi connectivity index (χ0n) is 20.4. The van der Waals surface area contributed by atoms with Gasteiger partial charge in [0, 0.05) is 6.54 Å². The summed E-state index contributed by atoms with van der Waals surface area (Å²) in [7, 11) is 0. The molecule has 38 heavy (non-hydrogen) atoms. The van der Waals surface area contributed by atoms with Crippen LogP contribution in [0.5, 0.6) is 5.75 Å². The van der Waals surface area contributed by atoms with Crippen LogP contribution in [0.3, 0.4) is 0 Å². The van der Waals surface area contributed by atoms with Gasteiger partial charge in [-0.15, -0.1) is 0 Å². The molecule has 0 saturated carbocycles. The molecule has 1 heterocycles. The van der Waals surface area contributed by atoms with Crippen molar-refractivity contribution in [3.63, 3.8) is 0 Å². The molecule has 1 aliphatic heterocycles. The molecule has 4 aromatic rings. The van der Waals surface area contributed by atoms with E-state index in [1.165, 1.54) is 34.7 Å². The Morgan fingerprint density at radius 3 is 2.50 bits per heavy atom. The summed E-state index contributed by atoms with van der Waals surface area (Å²) >= 11 is 4.90. The van der Waals surface area contributed by atoms with E-state index in [4.69, 9.17) is 9.84 Å². The number of carbonyl (C=O) groups is 2. The Balaban J connectivity index is 1.31. The number of rotatable bonds is 7. The molecule has 190 valence electrons. The summed E-state index contributed by atoms with van der Waals surface area (Å²) in [5.41, 5.74) is 2.71. The number of hydrogen-bond donors (Lipinski definition) is 1. The lowest BCUT2D eigenvalue weighted by Crippen LogP contribution is -2.28. The molecule has 6 nitrogen and oxygen atoms in total. The van der Waals surface area contributed by atoms with E-state index in [1.54, 1.807) is 17.0 Å². The minimum Gasteiger partial charge on any atom is -0.488 e. The van der Waals surface area contributed by atoms with E-state index >= 15 is 0 Å². The molecule has 4 aromatic carbocycles. The summed E-state index contributed by atoms with van der Waals surface area (Å²) in [6, 6.07) is 26.5. The van der Waals surface area contributed by atoms with Crippen molar-refractivity contribution in [3.8, 4) is 5.75 Å². The third-order valence-electron chi connectivity index (χ3n) is 6.01. The second kappa shape index (κ2) is 11.2. The summed E-state index contributed by atoms with van der Waals surface area (Å²) in [6.07, 6.45) is 1.84. The van der Waals surface area contributed by atoms with E-state index in [2.05, 4.69) is 51.3 Å². The molecule has 5 rings (SSSR count). The Kier molecular flexibility index (Phi) is 7.62. The number of halogens is 1. The lowest BCUT2D eigenvalue weighted by Gasteiger charge is -2.12. The largest absolute Gasteiger partial charge is 0.488 e. The fraction of sp³-hybridized carbons (Fsp3) is 0.100. The monoisotopic (exact) mass is 586 g/mol. The smallest absolute Gasteiger partial charge is 0.335 e. The maximum absolute atomic E-state index is 13.0. The molecule has 8 heteroatoms. The van der Waals surface area contributed by atoms with Gasteiger partial charge in [0.15, 0.2) is 5.17 Å². The Hall–Kier alpha value is -3.88. The average molecular weight is 587 g/mol. The van der Waals surface area contributed by atoms with Gasteiger partial charge >= 0.3 is 5.97 Å². The van der Waals surface area contributed by atoms with Crippen molar-refractivity contribution < 1.29 is 19.4 Å². The number of hydrogen-bond acceptors (Lipinski definition) is 5. The zero-order chi connectivity index (χ0) is 26.6. The van der Waals surface area contributed by atoms with Crippen LogP contribution < -0.4 is 4.74 Å². The van der Waals surface area contributed by atoms with Gasteiger partial charge in [0.2, 0.25) is 0 Å². The van der Waals surface area contributed by atoms with Gasteiger partial charge in [-0.3, -0.25) is 9.69 Å². The molecular weight excluding hydrogens is 564 g/mol. The van der Waals surface area contributed by atoms with Gasteiger partial charge in [-0.1, -0.05) is 42.5 Å². The lowest BCUT2D eigenvalue weighted by atomic mass is 10.1. The molecule has 0 aromatic heterocycles. The standard InChI is InChI=1S/C30H23BrN2O4S/c1-2-33-28(34)27(38-30(33)32-24-12-10-22(11-13-24)29(35)36)17-19-8-14-26(25(31)16-19)37-18-20-7-9-21-5-3-4-6-23(21)15-20/h3-17H,2,18H2,1H3,(H,35,36)/b27-17-,32-30?. The number of carboxylic acids is 1. The minimum atomic E-state index is -0.994. The van der Waals surface area contributed by atoms with Crippen LogP contribution in [0.2, 0.25) is 0 Å². The Morgan fingerprint density at radius 1 is 1.03 bits per heavy atom. The molecule has 1 saturated heterocycles. The highest BCUT2D eigenvalue weighted by Gasteiger charge is 2.32. The summed E-state index contributed by atoms with van der Waals surface area (Å²) in [6.45, 7) is 2.81. The topological polar surface area (TPSA) is 79.2 Å². The fourth-order valence-corrected chi connectivity index (χ4v) is 5.60. The molecule has 0 atom stereocenters. The average Bonchev–Trinajstić information content (AvgIpc) is 3.21. The van der Waals surface area contributed by atoms with Gasteiger partial charge in [0.25, 0.3) is 5.91 Å². The Bertz CT molecular complexity index is 1600. The van der Waals surface area contributed by atoms with Gasteiger partial charge in [-0.25, -0.2) is 9.79 Å². The van der Waals surface area contributed by atoms with E-state index in [0.717, 1.165) is 15.6 Å². The highest BCUT2D eigenvalue weighted by Crippen LogP contribution is 2.35. The van der Waals surface area contributed by atoms with E-state index in [0.29, 0.717) is 34.7 Å². The number of thioether (sulfide) groups is 1. The first kappa shape index (κ1) is 25.8. The van der Waals surface area contributed by atoms with Crippen LogP contribution in [0.1, 0.15) is 28.4 Å². The summed E-state index contributed by atoms with van der Waals surface area (Å²) in [5, 5.41) is 12.0. The summed E-state index contributed by atoms with van der Waals surface area (Å²) < 4.78 is 6.85. The molecule has 1 N–H and O–H groups in total. The van der Waals surface area contributed by atoms with Crippen molar-refractivity contribution in [2.75, 3.05) is 6.54 Å². The predicted molar refractivity (Wildman–Crippen MR) is 156 cm³/mol. The molecule has 1 aliphatic rings. The van der Waals surface area contributed by atoms with Crippen LogP contribution in [0, 0.1) is 0 Å². The molecule has 0 aliphatic carbocycles. The number of benzene rings is 4. The van der Waals surface area contributed by atoms with Crippen molar-refractivity contribution >= 4 is 67.3 Å². The third-order valence-corrected chi connectivity index (χ3v) is 7.63. The molecule has 0 unspecified atom stereocenters. The van der Waals surface area contributed by atoms with Gasteiger partial charge in [0.05, 0.1) is 20.6 Å². The number of aromatic carboxylic acids is 1. The van der Waals surface area contributed by atoms with Crippen molar-refractivity contribution in [3.05, 3.63) is 111 Å². The maximum Gasteiger partial charge on any atom is 0.335 e. The van der Waals surface area contributed by atoms with Gasteiger partial charge < -0.3 is 9.84 Å². The van der Waals surface area contributed by atoms with E-state index < -0.39 is 5.97 Å². The lowest BCUT2D eigenvalue weighted by molar-refractivity contribution is -0.122. The molecule has 0 radical (unpaired) electrons. The van der Waals surface area contributed by atoms with Gasteiger partial charge in [-0.2, -0.15) is 0 Å².